The molecule has 3 aromatic carbocycles. The Morgan fingerprint density at radius 2 is 1.85 bits per heavy atom. The van der Waals surface area contributed by atoms with Gasteiger partial charge in [0.25, 0.3) is 5.91 Å². The monoisotopic (exact) mass is 570 g/mol. The third-order valence-corrected chi connectivity index (χ3v) is 7.06. The molecule has 1 N–H and O–H groups in total. The summed E-state index contributed by atoms with van der Waals surface area (Å²) in [6.07, 6.45) is -1.26. The minimum Gasteiger partial charge on any atom is -0.381 e. The molecule has 8 heteroatoms. The summed E-state index contributed by atoms with van der Waals surface area (Å²) < 4.78 is 138. The fourth-order valence-corrected chi connectivity index (χ4v) is 4.95. The van der Waals surface area contributed by atoms with Crippen molar-refractivity contribution >= 4 is 17.4 Å². The molecule has 0 radical (unpaired) electrons. The highest BCUT2D eigenvalue weighted by molar-refractivity contribution is 6.14. The third kappa shape index (κ3) is 6.49. The van der Waals surface area contributed by atoms with Crippen LogP contribution in [0.3, 0.4) is 0 Å². The van der Waals surface area contributed by atoms with Crippen molar-refractivity contribution in [3.63, 3.8) is 0 Å². The van der Waals surface area contributed by atoms with E-state index in [4.69, 9.17) is 19.8 Å². The van der Waals surface area contributed by atoms with Gasteiger partial charge in [-0.1, -0.05) is 12.1 Å². The first-order valence-electron chi connectivity index (χ1n) is 19.2. The van der Waals surface area contributed by atoms with Crippen LogP contribution in [0.25, 0.3) is 0 Å². The number of fused-ring (bicyclic) bond motifs is 1. The highest BCUT2D eigenvalue weighted by atomic mass is 19.1. The Labute approximate surface area is 256 Å². The summed E-state index contributed by atoms with van der Waals surface area (Å²) in [7, 11) is 0.905. The van der Waals surface area contributed by atoms with Crippen LogP contribution in [-0.4, -0.2) is 62.9 Å². The number of hydrogen-bond donors (Lipinski definition) is 1. The Morgan fingerprint density at radius 1 is 1.10 bits per heavy atom. The molecule has 0 bridgehead atoms. The molecule has 2 fully saturated rings. The number of aliphatic imine (C=N–C) groups is 1. The Morgan fingerprint density at radius 3 is 2.61 bits per heavy atom. The summed E-state index contributed by atoms with van der Waals surface area (Å²) in [6.45, 7) is -12.1. The molecule has 3 aliphatic rings. The van der Waals surface area contributed by atoms with E-state index in [1.807, 2.05) is 0 Å². The van der Waals surface area contributed by atoms with Crippen molar-refractivity contribution in [2.45, 2.75) is 32.2 Å². The zero-order valence-corrected chi connectivity index (χ0v) is 22.3. The van der Waals surface area contributed by atoms with Gasteiger partial charge in [0.1, 0.15) is 17.5 Å². The van der Waals surface area contributed by atoms with E-state index in [2.05, 4.69) is 10.3 Å². The fourth-order valence-electron chi connectivity index (χ4n) is 4.95. The van der Waals surface area contributed by atoms with Crippen molar-refractivity contribution in [2.24, 2.45) is 10.9 Å². The molecule has 6 nitrogen and oxygen atoms in total. The van der Waals surface area contributed by atoms with Crippen molar-refractivity contribution in [3.05, 3.63) is 99.6 Å². The van der Waals surface area contributed by atoms with Gasteiger partial charge in [0.05, 0.1) is 14.8 Å². The Kier molecular flexibility index (Phi) is 4.93. The molecule has 0 saturated carbocycles. The molecule has 3 aromatic rings. The predicted octanol–water partition coefficient (Wildman–Crippen LogP) is 4.97. The quantitative estimate of drug-likeness (QED) is 0.455. The number of carbonyl (C=O) groups is 1. The first kappa shape index (κ1) is 16.7. The molecule has 41 heavy (non-hydrogen) atoms. The second-order valence-corrected chi connectivity index (χ2v) is 10.0. The zero-order chi connectivity index (χ0) is 39.1. The predicted molar refractivity (Wildman–Crippen MR) is 157 cm³/mol. The summed E-state index contributed by atoms with van der Waals surface area (Å²) in [4.78, 5) is 19.0. The molecule has 214 valence electrons. The van der Waals surface area contributed by atoms with Crippen LogP contribution < -0.4 is 10.2 Å². The lowest BCUT2D eigenvalue weighted by molar-refractivity contribution is 0.0664. The normalized spacial score (nSPS) is 27.4. The third-order valence-electron chi connectivity index (χ3n) is 7.06. The van der Waals surface area contributed by atoms with Gasteiger partial charge in [-0.05, 0) is 97.2 Å². The number of carbonyl (C=O) groups excluding carboxylic acids is 1. The lowest BCUT2D eigenvalue weighted by atomic mass is 9.89. The molecule has 0 spiro atoms. The molecule has 6 rings (SSSR count). The van der Waals surface area contributed by atoms with Gasteiger partial charge < -0.3 is 19.9 Å². The summed E-state index contributed by atoms with van der Waals surface area (Å²) in [6, 6.07) is 6.46. The highest BCUT2D eigenvalue weighted by Crippen LogP contribution is 2.28. The highest BCUT2D eigenvalue weighted by Gasteiger charge is 2.24. The van der Waals surface area contributed by atoms with Crippen LogP contribution in [0.4, 0.5) is 14.5 Å². The van der Waals surface area contributed by atoms with Gasteiger partial charge in [0.15, 0.2) is 0 Å². The Balaban J connectivity index is 1.42. The van der Waals surface area contributed by atoms with Gasteiger partial charge in [-0.15, -0.1) is 0 Å². The maximum absolute atomic E-state index is 14.1. The molecule has 3 heterocycles. The number of amides is 1. The molecule has 2 saturated heterocycles. The first-order chi connectivity index (χ1) is 24.5. The van der Waals surface area contributed by atoms with Crippen molar-refractivity contribution in [3.8, 4) is 0 Å². The van der Waals surface area contributed by atoms with E-state index in [-0.39, 0.29) is 51.9 Å². The Hall–Kier alpha value is -3.62. The van der Waals surface area contributed by atoms with E-state index in [0.717, 1.165) is 25.2 Å². The molecular weight excluding hydrogens is 522 g/mol. The van der Waals surface area contributed by atoms with Gasteiger partial charge in [0.2, 0.25) is 0 Å². The van der Waals surface area contributed by atoms with E-state index in [1.165, 1.54) is 12.1 Å². The molecule has 0 atom stereocenters. The number of nitrogens with one attached hydrogen (secondary N) is 1. The van der Waals surface area contributed by atoms with Crippen LogP contribution in [0.1, 0.15) is 67.5 Å². The number of benzene rings is 3. The van der Waals surface area contributed by atoms with E-state index < -0.39 is 67.7 Å². The summed E-state index contributed by atoms with van der Waals surface area (Å²) in [5.41, 5.74) is -0.267. The van der Waals surface area contributed by atoms with E-state index >= 15 is 0 Å². The molecule has 3 aliphatic heterocycles. The smallest absolute Gasteiger partial charge is 0.257 e. The topological polar surface area (TPSA) is 57.2 Å². The minimum absolute atomic E-state index is 0.0101. The fraction of sp³-hybridized carbons (Fsp3) is 0.394. The van der Waals surface area contributed by atoms with Gasteiger partial charge in [-0.25, -0.2) is 8.78 Å². The second-order valence-electron chi connectivity index (χ2n) is 10.0. The molecule has 0 aliphatic carbocycles. The van der Waals surface area contributed by atoms with Crippen LogP contribution in [0.15, 0.2) is 59.5 Å². The zero-order valence-electron chi connectivity index (χ0n) is 34.3. The van der Waals surface area contributed by atoms with E-state index in [1.54, 1.807) is 6.07 Å². The number of likely N-dealkylation sites (N-methyl/N-ethyl adjacent to an activating group) is 1. The number of hydrogen-bond acceptors (Lipinski definition) is 5. The van der Waals surface area contributed by atoms with Gasteiger partial charge in [-0.2, -0.15) is 0 Å². The number of anilines is 1. The van der Waals surface area contributed by atoms with Crippen molar-refractivity contribution in [2.75, 3.05) is 51.1 Å². The molecule has 0 unspecified atom stereocenters. The standard InChI is InChI=1S/C33H36F2N4O2/c1-38-8-10-39(11-9-38)29-4-5-30(26(19-29)15-22-6-12-41-13-7-22)33(40)37-32-31-18-23(2-3-25(31)21-36-32)14-24-16-27(34)20-28(35)17-24/h2-5,16-20,22H,6-15,21H2,1H3,(H,36,37,40)/i4D,8D2,9D2,10D2,11D2,14D2,19D. The molecule has 1 amide bonds. The van der Waals surface area contributed by atoms with Crippen LogP contribution in [0.5, 0.6) is 0 Å². The maximum Gasteiger partial charge on any atom is 0.257 e. The average Bonchev–Trinajstić information content (AvgIpc) is 3.48. The number of piperazine rings is 1. The van der Waals surface area contributed by atoms with Gasteiger partial charge >= 0.3 is 0 Å². The number of amidine groups is 1. The summed E-state index contributed by atoms with van der Waals surface area (Å²) in [5, 5.41) is 2.67. The van der Waals surface area contributed by atoms with Crippen LogP contribution in [-0.2, 0) is 24.1 Å². The average molecular weight is 571 g/mol. The SMILES string of the molecule is [2H]c1cc(C(=O)NC2=NCc3ccc(C([2H])([2H])c4cc(F)cc(F)c4)cc32)c(CC2CCOCC2)c([2H])c1N1C([2H])([2H])C([2H])([2H])N(C)C([2H])([2H])C1([2H])[2H]. The maximum atomic E-state index is 14.1. The van der Waals surface area contributed by atoms with E-state index in [0.29, 0.717) is 48.1 Å². The molecule has 0 aromatic heterocycles. The minimum atomic E-state index is -3.32. The number of ether oxygens (including phenoxy) is 1. The van der Waals surface area contributed by atoms with Crippen molar-refractivity contribution in [1.82, 2.24) is 10.2 Å². The van der Waals surface area contributed by atoms with E-state index in [9.17, 15) is 14.9 Å². The lowest BCUT2D eigenvalue weighted by Gasteiger charge is -2.34. The van der Waals surface area contributed by atoms with Crippen molar-refractivity contribution < 1.29 is 34.8 Å². The summed E-state index contributed by atoms with van der Waals surface area (Å²) >= 11 is 0. The second kappa shape index (κ2) is 12.1. The van der Waals surface area contributed by atoms with Gasteiger partial charge in [-0.3, -0.25) is 9.79 Å². The molecular formula is C33H36F2N4O2. The summed E-state index contributed by atoms with van der Waals surface area (Å²) in [5.74, 6) is -2.89. The number of halogens is 2. The number of nitrogens with zero attached hydrogens (tertiary/aromatic N) is 3. The Bertz CT molecular complexity index is 1960. The first-order valence-corrected chi connectivity index (χ1v) is 13.2. The van der Waals surface area contributed by atoms with Gasteiger partial charge in [0, 0.05) is 70.3 Å². The van der Waals surface area contributed by atoms with Crippen LogP contribution in [0.2, 0.25) is 0 Å². The largest absolute Gasteiger partial charge is 0.381 e. The van der Waals surface area contributed by atoms with Crippen LogP contribution >= 0.6 is 0 Å². The van der Waals surface area contributed by atoms with Crippen molar-refractivity contribution in [1.29, 1.82) is 0 Å². The lowest BCUT2D eigenvalue weighted by Crippen LogP contribution is -2.44. The van der Waals surface area contributed by atoms with Crippen LogP contribution in [0, 0.1) is 17.6 Å². The number of rotatable bonds is 6.